The van der Waals surface area contributed by atoms with Crippen LogP contribution in [0.1, 0.15) is 28.8 Å². The van der Waals surface area contributed by atoms with E-state index in [1.807, 2.05) is 31.2 Å². The smallest absolute Gasteiger partial charge is 0.261 e. The van der Waals surface area contributed by atoms with E-state index in [1.165, 1.54) is 0 Å². The Balaban J connectivity index is 1.46. The van der Waals surface area contributed by atoms with E-state index in [2.05, 4.69) is 25.2 Å². The molecule has 1 aliphatic rings. The minimum Gasteiger partial charge on any atom is -0.347 e. The SMILES string of the molecule is Cc1cccc(-c2ccc(C(=O)NC3CCCN(c4ncccn4)C3)c(=O)[nH]2)c1. The minimum absolute atomic E-state index is 0.0593. The van der Waals surface area contributed by atoms with Gasteiger partial charge in [0.25, 0.3) is 11.5 Å². The summed E-state index contributed by atoms with van der Waals surface area (Å²) in [6.45, 7) is 3.47. The van der Waals surface area contributed by atoms with Gasteiger partial charge in [-0.3, -0.25) is 9.59 Å². The fourth-order valence-corrected chi connectivity index (χ4v) is 3.63. The molecule has 2 aromatic heterocycles. The topological polar surface area (TPSA) is 91.0 Å². The molecule has 2 N–H and O–H groups in total. The second-order valence-electron chi connectivity index (χ2n) is 7.29. The normalized spacial score (nSPS) is 16.4. The lowest BCUT2D eigenvalue weighted by atomic mass is 10.0. The predicted molar refractivity (Wildman–Crippen MR) is 112 cm³/mol. The maximum atomic E-state index is 12.7. The van der Waals surface area contributed by atoms with Crippen LogP contribution < -0.4 is 15.8 Å². The summed E-state index contributed by atoms with van der Waals surface area (Å²) in [7, 11) is 0. The molecule has 0 spiro atoms. The molecule has 1 atom stereocenters. The Bertz CT molecular complexity index is 1060. The maximum Gasteiger partial charge on any atom is 0.261 e. The van der Waals surface area contributed by atoms with E-state index in [-0.39, 0.29) is 23.1 Å². The third-order valence-electron chi connectivity index (χ3n) is 5.07. The van der Waals surface area contributed by atoms with Gasteiger partial charge in [-0.1, -0.05) is 23.8 Å². The first kappa shape index (κ1) is 18.9. The molecule has 0 aliphatic carbocycles. The van der Waals surface area contributed by atoms with E-state index in [9.17, 15) is 9.59 Å². The van der Waals surface area contributed by atoms with Crippen LogP contribution in [0.5, 0.6) is 0 Å². The number of nitrogens with zero attached hydrogens (tertiary/aromatic N) is 3. The number of anilines is 1. The number of piperidine rings is 1. The minimum atomic E-state index is -0.388. The fourth-order valence-electron chi connectivity index (χ4n) is 3.63. The van der Waals surface area contributed by atoms with Crippen molar-refractivity contribution in [2.45, 2.75) is 25.8 Å². The number of nitrogens with one attached hydrogen (secondary N) is 2. The molecule has 1 aliphatic heterocycles. The largest absolute Gasteiger partial charge is 0.347 e. The molecule has 1 amide bonds. The van der Waals surface area contributed by atoms with Crippen LogP contribution in [0.4, 0.5) is 5.95 Å². The number of benzene rings is 1. The van der Waals surface area contributed by atoms with Gasteiger partial charge in [0, 0.05) is 37.2 Å². The molecule has 4 rings (SSSR count). The molecular formula is C22H23N5O2. The number of carbonyl (C=O) groups is 1. The van der Waals surface area contributed by atoms with Crippen molar-refractivity contribution in [2.75, 3.05) is 18.0 Å². The molecule has 0 radical (unpaired) electrons. The molecule has 148 valence electrons. The number of pyridine rings is 1. The molecule has 7 nitrogen and oxygen atoms in total. The number of aromatic nitrogens is 3. The van der Waals surface area contributed by atoms with Gasteiger partial charge in [0.05, 0.1) is 0 Å². The third kappa shape index (κ3) is 4.34. The Hall–Kier alpha value is -3.48. The van der Waals surface area contributed by atoms with Crippen LogP contribution >= 0.6 is 0 Å². The Morgan fingerprint density at radius 3 is 2.76 bits per heavy atom. The summed E-state index contributed by atoms with van der Waals surface area (Å²) in [5, 5.41) is 2.99. The van der Waals surface area contributed by atoms with E-state index >= 15 is 0 Å². The van der Waals surface area contributed by atoms with Gasteiger partial charge in [-0.15, -0.1) is 0 Å². The number of carbonyl (C=O) groups excluding carboxylic acids is 1. The van der Waals surface area contributed by atoms with Gasteiger partial charge in [-0.05, 0) is 49.6 Å². The van der Waals surface area contributed by atoms with E-state index in [0.29, 0.717) is 18.2 Å². The first-order valence-corrected chi connectivity index (χ1v) is 9.73. The van der Waals surface area contributed by atoms with Crippen molar-refractivity contribution in [1.82, 2.24) is 20.3 Å². The van der Waals surface area contributed by atoms with E-state index in [1.54, 1.807) is 30.6 Å². The van der Waals surface area contributed by atoms with E-state index in [0.717, 1.165) is 30.5 Å². The van der Waals surface area contributed by atoms with Crippen molar-refractivity contribution in [3.8, 4) is 11.3 Å². The summed E-state index contributed by atoms with van der Waals surface area (Å²) in [5.74, 6) is 0.301. The molecule has 1 aromatic carbocycles. The summed E-state index contributed by atoms with van der Waals surface area (Å²) in [6, 6.07) is 12.9. The molecule has 3 aromatic rings. The van der Waals surface area contributed by atoms with Crippen LogP contribution in [0, 0.1) is 6.92 Å². The first-order chi connectivity index (χ1) is 14.1. The van der Waals surface area contributed by atoms with E-state index in [4.69, 9.17) is 0 Å². The van der Waals surface area contributed by atoms with Crippen molar-refractivity contribution in [1.29, 1.82) is 0 Å². The molecule has 3 heterocycles. The van der Waals surface area contributed by atoms with Gasteiger partial charge in [0.15, 0.2) is 0 Å². The Kier molecular flexibility index (Phi) is 5.37. The predicted octanol–water partition coefficient (Wildman–Crippen LogP) is 2.54. The number of hydrogen-bond acceptors (Lipinski definition) is 5. The van der Waals surface area contributed by atoms with Crippen molar-refractivity contribution < 1.29 is 4.79 Å². The highest BCUT2D eigenvalue weighted by Gasteiger charge is 2.24. The van der Waals surface area contributed by atoms with Gasteiger partial charge in [-0.2, -0.15) is 0 Å². The van der Waals surface area contributed by atoms with Crippen molar-refractivity contribution in [2.24, 2.45) is 0 Å². The van der Waals surface area contributed by atoms with Crippen LogP contribution in [0.2, 0.25) is 0 Å². The number of hydrogen-bond donors (Lipinski definition) is 2. The number of H-pyrrole nitrogens is 1. The van der Waals surface area contributed by atoms with Gasteiger partial charge >= 0.3 is 0 Å². The Labute approximate surface area is 168 Å². The standard InChI is InChI=1S/C22H23N5O2/c1-15-5-2-6-16(13-15)19-9-8-18(21(29)26-19)20(28)25-17-7-3-12-27(14-17)22-23-10-4-11-24-22/h2,4-6,8-11,13,17H,3,7,12,14H2,1H3,(H,25,28)(H,26,29). The van der Waals surface area contributed by atoms with Crippen LogP contribution in [0.3, 0.4) is 0 Å². The molecule has 1 unspecified atom stereocenters. The highest BCUT2D eigenvalue weighted by Crippen LogP contribution is 2.18. The summed E-state index contributed by atoms with van der Waals surface area (Å²) >= 11 is 0. The molecule has 0 saturated carbocycles. The first-order valence-electron chi connectivity index (χ1n) is 9.73. The highest BCUT2D eigenvalue weighted by molar-refractivity contribution is 5.94. The van der Waals surface area contributed by atoms with Gasteiger partial charge in [0.2, 0.25) is 5.95 Å². The number of rotatable bonds is 4. The number of aryl methyl sites for hydroxylation is 1. The Morgan fingerprint density at radius 1 is 1.17 bits per heavy atom. The molecule has 29 heavy (non-hydrogen) atoms. The zero-order valence-electron chi connectivity index (χ0n) is 16.3. The Morgan fingerprint density at radius 2 is 2.00 bits per heavy atom. The quantitative estimate of drug-likeness (QED) is 0.716. The van der Waals surface area contributed by atoms with Crippen LogP contribution in [0.15, 0.2) is 59.7 Å². The van der Waals surface area contributed by atoms with Crippen LogP contribution in [0.25, 0.3) is 11.3 Å². The lowest BCUT2D eigenvalue weighted by Crippen LogP contribution is -2.49. The van der Waals surface area contributed by atoms with Crippen LogP contribution in [-0.2, 0) is 0 Å². The second kappa shape index (κ2) is 8.26. The average molecular weight is 389 g/mol. The fraction of sp³-hybridized carbons (Fsp3) is 0.273. The summed E-state index contributed by atoms with van der Waals surface area (Å²) in [5.41, 5.74) is 2.45. The molecule has 7 heteroatoms. The van der Waals surface area contributed by atoms with Crippen LogP contribution in [-0.4, -0.2) is 40.0 Å². The van der Waals surface area contributed by atoms with Crippen molar-refractivity contribution in [3.05, 3.63) is 76.3 Å². The third-order valence-corrected chi connectivity index (χ3v) is 5.07. The monoisotopic (exact) mass is 389 g/mol. The lowest BCUT2D eigenvalue weighted by Gasteiger charge is -2.33. The van der Waals surface area contributed by atoms with E-state index < -0.39 is 0 Å². The lowest BCUT2D eigenvalue weighted by molar-refractivity contribution is 0.0931. The highest BCUT2D eigenvalue weighted by atomic mass is 16.2. The summed E-state index contributed by atoms with van der Waals surface area (Å²) in [4.78, 5) is 38.7. The zero-order valence-corrected chi connectivity index (χ0v) is 16.3. The second-order valence-corrected chi connectivity index (χ2v) is 7.29. The molecule has 0 bridgehead atoms. The number of aromatic amines is 1. The van der Waals surface area contributed by atoms with Gasteiger partial charge < -0.3 is 15.2 Å². The average Bonchev–Trinajstić information content (AvgIpc) is 2.74. The maximum absolute atomic E-state index is 12.7. The number of amides is 1. The molecule has 1 saturated heterocycles. The van der Waals surface area contributed by atoms with Crippen molar-refractivity contribution >= 4 is 11.9 Å². The summed E-state index contributed by atoms with van der Waals surface area (Å²) in [6.07, 6.45) is 5.19. The zero-order chi connectivity index (χ0) is 20.2. The molecular weight excluding hydrogens is 366 g/mol. The van der Waals surface area contributed by atoms with Gasteiger partial charge in [0.1, 0.15) is 5.56 Å². The van der Waals surface area contributed by atoms with Crippen molar-refractivity contribution in [3.63, 3.8) is 0 Å². The van der Waals surface area contributed by atoms with Gasteiger partial charge in [-0.25, -0.2) is 9.97 Å². The summed E-state index contributed by atoms with van der Waals surface area (Å²) < 4.78 is 0. The molecule has 1 fully saturated rings.